The summed E-state index contributed by atoms with van der Waals surface area (Å²) in [6.07, 6.45) is 0.922. The zero-order valence-electron chi connectivity index (χ0n) is 15.3. The van der Waals surface area contributed by atoms with Crippen LogP contribution in [0.2, 0.25) is 0 Å². The second-order valence-corrected chi connectivity index (χ2v) is 7.78. The molecule has 3 rings (SSSR count). The summed E-state index contributed by atoms with van der Waals surface area (Å²) in [5.41, 5.74) is 1.61. The molecule has 27 heavy (non-hydrogen) atoms. The SMILES string of the molecule is CC(=O)c1ccc(SCC(=O)NC2CCN(Cc3ccccc3)C2)c(F)c1. The fourth-order valence-corrected chi connectivity index (χ4v) is 3.92. The molecule has 142 valence electrons. The summed E-state index contributed by atoms with van der Waals surface area (Å²) in [4.78, 5) is 26.2. The number of benzene rings is 2. The number of Topliss-reactive ketones (excluding diaryl/α,β-unsaturated/α-hetero) is 1. The molecule has 0 bridgehead atoms. The van der Waals surface area contributed by atoms with E-state index in [-0.39, 0.29) is 23.5 Å². The molecule has 1 atom stereocenters. The first-order valence-electron chi connectivity index (χ1n) is 9.00. The number of amides is 1. The van der Waals surface area contributed by atoms with Gasteiger partial charge in [-0.25, -0.2) is 4.39 Å². The van der Waals surface area contributed by atoms with Crippen LogP contribution in [0.15, 0.2) is 53.4 Å². The second-order valence-electron chi connectivity index (χ2n) is 6.76. The Morgan fingerprint density at radius 3 is 2.70 bits per heavy atom. The van der Waals surface area contributed by atoms with Crippen LogP contribution in [0.5, 0.6) is 0 Å². The number of hydrogen-bond donors (Lipinski definition) is 1. The van der Waals surface area contributed by atoms with Crippen molar-refractivity contribution in [3.05, 3.63) is 65.5 Å². The number of carbonyl (C=O) groups is 2. The van der Waals surface area contributed by atoms with Crippen LogP contribution >= 0.6 is 11.8 Å². The summed E-state index contributed by atoms with van der Waals surface area (Å²) in [5, 5.41) is 3.04. The molecule has 1 unspecified atom stereocenters. The number of thioether (sulfide) groups is 1. The quantitative estimate of drug-likeness (QED) is 0.584. The Morgan fingerprint density at radius 1 is 1.22 bits per heavy atom. The van der Waals surface area contributed by atoms with Crippen LogP contribution in [0.4, 0.5) is 4.39 Å². The third kappa shape index (κ3) is 5.65. The smallest absolute Gasteiger partial charge is 0.230 e. The van der Waals surface area contributed by atoms with Crippen LogP contribution < -0.4 is 5.32 Å². The minimum Gasteiger partial charge on any atom is -0.351 e. The average molecular weight is 386 g/mol. The Bertz CT molecular complexity index is 813. The number of ketones is 1. The Balaban J connectivity index is 1.44. The first-order chi connectivity index (χ1) is 13.0. The van der Waals surface area contributed by atoms with Crippen molar-refractivity contribution in [2.24, 2.45) is 0 Å². The first kappa shape index (κ1) is 19.6. The molecule has 0 spiro atoms. The second kappa shape index (κ2) is 9.15. The molecule has 2 aromatic rings. The largest absolute Gasteiger partial charge is 0.351 e. The van der Waals surface area contributed by atoms with Gasteiger partial charge in [-0.3, -0.25) is 14.5 Å². The van der Waals surface area contributed by atoms with Gasteiger partial charge >= 0.3 is 0 Å². The van der Waals surface area contributed by atoms with E-state index < -0.39 is 5.82 Å². The standard InChI is InChI=1S/C21H23FN2O2S/c1-15(25)17-7-8-20(19(22)11-17)27-14-21(26)23-18-9-10-24(13-18)12-16-5-3-2-4-6-16/h2-8,11,18H,9-10,12-14H2,1H3,(H,23,26). The zero-order valence-corrected chi connectivity index (χ0v) is 16.1. The van der Waals surface area contributed by atoms with Gasteiger partial charge < -0.3 is 5.32 Å². The zero-order chi connectivity index (χ0) is 19.2. The molecule has 1 aliphatic heterocycles. The van der Waals surface area contributed by atoms with Crippen LogP contribution in [0, 0.1) is 5.82 Å². The van der Waals surface area contributed by atoms with E-state index in [1.54, 1.807) is 12.1 Å². The molecule has 1 heterocycles. The van der Waals surface area contributed by atoms with E-state index in [9.17, 15) is 14.0 Å². The number of nitrogens with zero attached hydrogens (tertiary/aromatic N) is 1. The predicted octanol–water partition coefficient (Wildman–Crippen LogP) is 3.51. The molecule has 0 saturated carbocycles. The Hall–Kier alpha value is -2.18. The van der Waals surface area contributed by atoms with Gasteiger partial charge in [0, 0.05) is 36.1 Å². The lowest BCUT2D eigenvalue weighted by molar-refractivity contribution is -0.119. The van der Waals surface area contributed by atoms with E-state index in [1.165, 1.54) is 18.6 Å². The van der Waals surface area contributed by atoms with E-state index in [0.717, 1.165) is 37.8 Å². The highest BCUT2D eigenvalue weighted by Gasteiger charge is 2.23. The fourth-order valence-electron chi connectivity index (χ4n) is 3.19. The van der Waals surface area contributed by atoms with Gasteiger partial charge in [-0.05, 0) is 31.0 Å². The summed E-state index contributed by atoms with van der Waals surface area (Å²) in [5.74, 6) is -0.576. The molecule has 6 heteroatoms. The van der Waals surface area contributed by atoms with Gasteiger partial charge in [0.2, 0.25) is 5.91 Å². The summed E-state index contributed by atoms with van der Waals surface area (Å²) >= 11 is 1.15. The van der Waals surface area contributed by atoms with Crippen molar-refractivity contribution in [3.63, 3.8) is 0 Å². The van der Waals surface area contributed by atoms with Gasteiger partial charge in [0.15, 0.2) is 5.78 Å². The molecule has 0 radical (unpaired) electrons. The summed E-state index contributed by atoms with van der Waals surface area (Å²) in [6.45, 7) is 4.06. The van der Waals surface area contributed by atoms with Crippen LogP contribution in [0.25, 0.3) is 0 Å². The lowest BCUT2D eigenvalue weighted by Crippen LogP contribution is -2.38. The van der Waals surface area contributed by atoms with Gasteiger partial charge in [0.1, 0.15) is 5.82 Å². The molecule has 4 nitrogen and oxygen atoms in total. The Kier molecular flexibility index (Phi) is 6.63. The van der Waals surface area contributed by atoms with Crippen molar-refractivity contribution in [2.45, 2.75) is 30.8 Å². The maximum absolute atomic E-state index is 14.0. The minimum atomic E-state index is -0.463. The number of rotatable bonds is 7. The maximum Gasteiger partial charge on any atom is 0.230 e. The normalized spacial score (nSPS) is 17.0. The van der Waals surface area contributed by atoms with Crippen molar-refractivity contribution in [3.8, 4) is 0 Å². The molecule has 0 aromatic heterocycles. The Labute approximate surface area is 163 Å². The lowest BCUT2D eigenvalue weighted by Gasteiger charge is -2.16. The van der Waals surface area contributed by atoms with Gasteiger partial charge in [-0.1, -0.05) is 36.4 Å². The molecule has 1 amide bonds. The Morgan fingerprint density at radius 2 is 2.00 bits per heavy atom. The number of likely N-dealkylation sites (tertiary alicyclic amines) is 1. The van der Waals surface area contributed by atoms with Crippen molar-refractivity contribution in [2.75, 3.05) is 18.8 Å². The molecule has 1 aliphatic rings. The third-order valence-electron chi connectivity index (χ3n) is 4.58. The topological polar surface area (TPSA) is 49.4 Å². The molecule has 1 N–H and O–H groups in total. The van der Waals surface area contributed by atoms with Crippen LogP contribution in [0.1, 0.15) is 29.3 Å². The highest BCUT2D eigenvalue weighted by atomic mass is 32.2. The van der Waals surface area contributed by atoms with Gasteiger partial charge in [0.25, 0.3) is 0 Å². The summed E-state index contributed by atoms with van der Waals surface area (Å²) in [7, 11) is 0. The molecular weight excluding hydrogens is 363 g/mol. The number of carbonyl (C=O) groups excluding carboxylic acids is 2. The molecule has 2 aromatic carbocycles. The number of nitrogens with one attached hydrogen (secondary N) is 1. The minimum absolute atomic E-state index is 0.0957. The van der Waals surface area contributed by atoms with E-state index >= 15 is 0 Å². The predicted molar refractivity (Wildman–Crippen MR) is 105 cm³/mol. The monoisotopic (exact) mass is 386 g/mol. The van der Waals surface area contributed by atoms with Crippen LogP contribution in [0.3, 0.4) is 0 Å². The van der Waals surface area contributed by atoms with Crippen molar-refractivity contribution < 1.29 is 14.0 Å². The van der Waals surface area contributed by atoms with Gasteiger partial charge in [-0.2, -0.15) is 0 Å². The summed E-state index contributed by atoms with van der Waals surface area (Å²) in [6, 6.07) is 14.8. The highest BCUT2D eigenvalue weighted by molar-refractivity contribution is 8.00. The molecule has 0 aliphatic carbocycles. The number of hydrogen-bond acceptors (Lipinski definition) is 4. The van der Waals surface area contributed by atoms with Crippen LogP contribution in [-0.2, 0) is 11.3 Å². The maximum atomic E-state index is 14.0. The van der Waals surface area contributed by atoms with Crippen molar-refractivity contribution in [1.82, 2.24) is 10.2 Å². The lowest BCUT2D eigenvalue weighted by atomic mass is 10.1. The third-order valence-corrected chi connectivity index (χ3v) is 5.63. The van der Waals surface area contributed by atoms with Crippen LogP contribution in [-0.4, -0.2) is 41.5 Å². The first-order valence-corrected chi connectivity index (χ1v) is 9.99. The van der Waals surface area contributed by atoms with Crippen molar-refractivity contribution in [1.29, 1.82) is 0 Å². The number of halogens is 1. The van der Waals surface area contributed by atoms with E-state index in [1.807, 2.05) is 18.2 Å². The molecule has 1 saturated heterocycles. The van der Waals surface area contributed by atoms with Gasteiger partial charge in [-0.15, -0.1) is 11.8 Å². The summed E-state index contributed by atoms with van der Waals surface area (Å²) < 4.78 is 14.0. The van der Waals surface area contributed by atoms with E-state index in [4.69, 9.17) is 0 Å². The van der Waals surface area contributed by atoms with E-state index in [0.29, 0.717) is 10.5 Å². The van der Waals surface area contributed by atoms with E-state index in [2.05, 4.69) is 22.3 Å². The fraction of sp³-hybridized carbons (Fsp3) is 0.333. The highest BCUT2D eigenvalue weighted by Crippen LogP contribution is 2.23. The van der Waals surface area contributed by atoms with Gasteiger partial charge in [0.05, 0.1) is 5.75 Å². The molecule has 1 fully saturated rings. The average Bonchev–Trinajstić information content (AvgIpc) is 3.08. The molecular formula is C21H23FN2O2S. The van der Waals surface area contributed by atoms with Crippen molar-refractivity contribution >= 4 is 23.5 Å².